The van der Waals surface area contributed by atoms with Gasteiger partial charge in [-0.2, -0.15) is 0 Å². The Labute approximate surface area is 73.9 Å². The van der Waals surface area contributed by atoms with Crippen molar-refractivity contribution in [2.45, 2.75) is 12.4 Å². The summed E-state index contributed by atoms with van der Waals surface area (Å²) in [6.45, 7) is 3.42. The molecule has 0 radical (unpaired) electrons. The lowest BCUT2D eigenvalue weighted by molar-refractivity contribution is -0.133. The lowest BCUT2D eigenvalue weighted by Gasteiger charge is -2.25. The highest BCUT2D eigenvalue weighted by Gasteiger charge is 2.35. The zero-order chi connectivity index (χ0) is 9.84. The summed E-state index contributed by atoms with van der Waals surface area (Å²) in [7, 11) is 0. The van der Waals surface area contributed by atoms with Gasteiger partial charge in [-0.1, -0.05) is 6.08 Å². The van der Waals surface area contributed by atoms with E-state index in [1.54, 1.807) is 5.32 Å². The minimum atomic E-state index is -1.88. The molecule has 0 aromatic carbocycles. The van der Waals surface area contributed by atoms with Crippen molar-refractivity contribution in [2.75, 3.05) is 6.61 Å². The molecule has 1 saturated heterocycles. The van der Waals surface area contributed by atoms with E-state index in [9.17, 15) is 14.0 Å². The number of rotatable bonds is 3. The van der Waals surface area contributed by atoms with Crippen molar-refractivity contribution in [2.24, 2.45) is 0 Å². The molecule has 1 aliphatic heterocycles. The summed E-state index contributed by atoms with van der Waals surface area (Å²) >= 11 is 0. The molecule has 13 heavy (non-hydrogen) atoms. The highest BCUT2D eigenvalue weighted by molar-refractivity contribution is 5.99. The fraction of sp³-hybridized carbons (Fsp3) is 0.429. The number of hydrogen-bond donors (Lipinski definition) is 2. The maximum Gasteiger partial charge on any atom is 0.323 e. The van der Waals surface area contributed by atoms with Crippen LogP contribution in [-0.4, -0.2) is 30.9 Å². The first-order valence-electron chi connectivity index (χ1n) is 3.63. The van der Waals surface area contributed by atoms with Gasteiger partial charge in [0.05, 0.1) is 6.61 Å². The van der Waals surface area contributed by atoms with E-state index in [0.717, 1.165) is 0 Å². The Morgan fingerprint density at radius 3 is 2.92 bits per heavy atom. The van der Waals surface area contributed by atoms with Crippen LogP contribution in [0.4, 0.5) is 9.18 Å². The molecule has 2 N–H and O–H groups in total. The van der Waals surface area contributed by atoms with E-state index in [4.69, 9.17) is 4.74 Å². The predicted molar refractivity (Wildman–Crippen MR) is 41.5 cm³/mol. The number of urea groups is 1. The molecule has 1 aliphatic rings. The zero-order valence-corrected chi connectivity index (χ0v) is 6.75. The Morgan fingerprint density at radius 1 is 1.62 bits per heavy atom. The van der Waals surface area contributed by atoms with Crippen molar-refractivity contribution in [1.82, 2.24) is 10.6 Å². The Hall–Kier alpha value is -1.43. The second-order valence-electron chi connectivity index (χ2n) is 2.41. The normalized spacial score (nSPS) is 27.8. The van der Waals surface area contributed by atoms with Crippen LogP contribution < -0.4 is 10.6 Å². The lowest BCUT2D eigenvalue weighted by atomic mass is 10.3. The number of carbonyl (C=O) groups is 2. The van der Waals surface area contributed by atoms with Crippen molar-refractivity contribution in [3.05, 3.63) is 12.7 Å². The van der Waals surface area contributed by atoms with Crippen molar-refractivity contribution >= 4 is 11.9 Å². The van der Waals surface area contributed by atoms with E-state index in [0.29, 0.717) is 0 Å². The third-order valence-corrected chi connectivity index (χ3v) is 1.42. The van der Waals surface area contributed by atoms with Gasteiger partial charge in [0.2, 0.25) is 6.17 Å². The van der Waals surface area contributed by atoms with Crippen LogP contribution in [0.5, 0.6) is 0 Å². The number of alkyl halides is 1. The molecular weight excluding hydrogens is 179 g/mol. The maximum absolute atomic E-state index is 13.0. The fourth-order valence-electron chi connectivity index (χ4n) is 0.855. The topological polar surface area (TPSA) is 67.4 Å². The predicted octanol–water partition coefficient (Wildman–Crippen LogP) is -0.307. The van der Waals surface area contributed by atoms with E-state index in [2.05, 4.69) is 11.9 Å². The smallest absolute Gasteiger partial charge is 0.323 e. The highest BCUT2D eigenvalue weighted by atomic mass is 19.1. The minimum Gasteiger partial charge on any atom is -0.351 e. The second kappa shape index (κ2) is 3.99. The third kappa shape index (κ3) is 2.25. The van der Waals surface area contributed by atoms with E-state index in [1.165, 1.54) is 6.08 Å². The quantitative estimate of drug-likeness (QED) is 0.597. The number of hydrogen-bond acceptors (Lipinski definition) is 3. The van der Waals surface area contributed by atoms with E-state index in [-0.39, 0.29) is 6.61 Å². The maximum atomic E-state index is 13.0. The van der Waals surface area contributed by atoms with E-state index < -0.39 is 24.3 Å². The Balaban J connectivity index is 2.55. The molecule has 0 aromatic heterocycles. The summed E-state index contributed by atoms with van der Waals surface area (Å²) in [6, 6.07) is -0.757. The van der Waals surface area contributed by atoms with Gasteiger partial charge in [0, 0.05) is 0 Å². The summed E-state index contributed by atoms with van der Waals surface area (Å²) < 4.78 is 17.8. The standard InChI is InChI=1S/C7H9FN2O3/c1-2-3-13-6-4(8)5(11)9-7(12)10-6/h2,4,6H,1,3H2,(H2,9,10,11,12)/t4-,6-/m1/s1. The number of halogens is 1. The van der Waals surface area contributed by atoms with Crippen LogP contribution in [0, 0.1) is 0 Å². The molecule has 1 rings (SSSR count). The van der Waals surface area contributed by atoms with Gasteiger partial charge in [-0.25, -0.2) is 9.18 Å². The zero-order valence-electron chi connectivity index (χ0n) is 6.75. The minimum absolute atomic E-state index is 0.0681. The summed E-state index contributed by atoms with van der Waals surface area (Å²) in [5, 5.41) is 3.88. The third-order valence-electron chi connectivity index (χ3n) is 1.42. The first-order chi connectivity index (χ1) is 6.15. The van der Waals surface area contributed by atoms with Crippen molar-refractivity contribution in [1.29, 1.82) is 0 Å². The molecule has 1 fully saturated rings. The number of ether oxygens (including phenoxy) is 1. The number of imide groups is 1. The summed E-state index contributed by atoms with van der Waals surface area (Å²) in [6.07, 6.45) is -1.71. The average molecular weight is 188 g/mol. The van der Waals surface area contributed by atoms with Crippen molar-refractivity contribution in [3.8, 4) is 0 Å². The summed E-state index contributed by atoms with van der Waals surface area (Å²) in [5.41, 5.74) is 0. The van der Waals surface area contributed by atoms with Crippen LogP contribution in [0.3, 0.4) is 0 Å². The van der Waals surface area contributed by atoms with Crippen LogP contribution in [0.1, 0.15) is 0 Å². The van der Waals surface area contributed by atoms with Gasteiger partial charge in [0.25, 0.3) is 5.91 Å². The Bertz CT molecular complexity index is 244. The van der Waals surface area contributed by atoms with E-state index >= 15 is 0 Å². The molecule has 6 heteroatoms. The van der Waals surface area contributed by atoms with Crippen LogP contribution in [-0.2, 0) is 9.53 Å². The molecule has 0 spiro atoms. The number of carbonyl (C=O) groups excluding carboxylic acids is 2. The molecule has 0 bridgehead atoms. The first kappa shape index (κ1) is 9.66. The largest absolute Gasteiger partial charge is 0.351 e. The van der Waals surface area contributed by atoms with E-state index in [1.807, 2.05) is 0 Å². The van der Waals surface area contributed by atoms with Crippen LogP contribution in [0.15, 0.2) is 12.7 Å². The highest BCUT2D eigenvalue weighted by Crippen LogP contribution is 2.05. The van der Waals surface area contributed by atoms with Crippen molar-refractivity contribution < 1.29 is 18.7 Å². The monoisotopic (exact) mass is 188 g/mol. The van der Waals surface area contributed by atoms with Gasteiger partial charge in [-0.05, 0) is 0 Å². The number of nitrogens with one attached hydrogen (secondary N) is 2. The molecule has 0 aliphatic carbocycles. The van der Waals surface area contributed by atoms with Gasteiger partial charge in [-0.3, -0.25) is 10.1 Å². The molecule has 3 amide bonds. The van der Waals surface area contributed by atoms with Crippen LogP contribution in [0.2, 0.25) is 0 Å². The Morgan fingerprint density at radius 2 is 2.31 bits per heavy atom. The number of amides is 3. The molecule has 0 unspecified atom stereocenters. The first-order valence-corrected chi connectivity index (χ1v) is 3.63. The molecule has 0 aromatic rings. The fourth-order valence-corrected chi connectivity index (χ4v) is 0.855. The SMILES string of the molecule is C=CCO[C@H]1NC(=O)NC(=O)[C@H]1F. The van der Waals surface area contributed by atoms with Gasteiger partial charge >= 0.3 is 6.03 Å². The van der Waals surface area contributed by atoms with Gasteiger partial charge < -0.3 is 10.1 Å². The molecule has 2 atom stereocenters. The molecule has 0 saturated carbocycles. The van der Waals surface area contributed by atoms with Gasteiger partial charge in [-0.15, -0.1) is 6.58 Å². The second-order valence-corrected chi connectivity index (χ2v) is 2.41. The van der Waals surface area contributed by atoms with Gasteiger partial charge in [0.15, 0.2) is 6.23 Å². The van der Waals surface area contributed by atoms with Crippen LogP contribution in [0.25, 0.3) is 0 Å². The molecular formula is C7H9FN2O3. The molecule has 1 heterocycles. The van der Waals surface area contributed by atoms with Gasteiger partial charge in [0.1, 0.15) is 0 Å². The lowest BCUT2D eigenvalue weighted by Crippen LogP contribution is -2.60. The molecule has 72 valence electrons. The average Bonchev–Trinajstić information content (AvgIpc) is 2.09. The van der Waals surface area contributed by atoms with Crippen molar-refractivity contribution in [3.63, 3.8) is 0 Å². The Kier molecular flexibility index (Phi) is 2.97. The summed E-state index contributed by atoms with van der Waals surface area (Å²) in [4.78, 5) is 21.4. The van der Waals surface area contributed by atoms with Crippen LogP contribution >= 0.6 is 0 Å². The summed E-state index contributed by atoms with van der Waals surface area (Å²) in [5.74, 6) is -0.988. The molecule has 5 nitrogen and oxygen atoms in total.